The Bertz CT molecular complexity index is 1010. The molecule has 2 amide bonds. The van der Waals surface area contributed by atoms with Crippen LogP contribution < -0.4 is 10.6 Å². The molecule has 0 saturated carbocycles. The standard InChI is InChI=1S/C19H17N5O4S/c1-12-7-8-14(24(27)28)9-15(12)21-17(25)10-16-18(26)22-19(29-16)23-20-11-13-5-3-2-4-6-13/h2-9,11,16H,10H2,1H3,(H,21,25)(H,22,23,26). The number of nitrogens with zero attached hydrogens (tertiary/aromatic N) is 3. The smallest absolute Gasteiger partial charge is 0.271 e. The number of rotatable bonds is 6. The number of nitrogens with one attached hydrogen (secondary N) is 2. The molecule has 10 heteroatoms. The van der Waals surface area contributed by atoms with Crippen LogP contribution in [-0.2, 0) is 9.59 Å². The number of non-ortho nitro benzene ring substituents is 1. The fourth-order valence-electron chi connectivity index (χ4n) is 2.50. The molecule has 0 bridgehead atoms. The molecule has 1 saturated heterocycles. The third-order valence-corrected chi connectivity index (χ3v) is 5.08. The minimum absolute atomic E-state index is 0.0972. The number of amides is 2. The van der Waals surface area contributed by atoms with Gasteiger partial charge in [-0.2, -0.15) is 5.10 Å². The Kier molecular flexibility index (Phi) is 6.35. The van der Waals surface area contributed by atoms with Gasteiger partial charge in [-0.25, -0.2) is 0 Å². The summed E-state index contributed by atoms with van der Waals surface area (Å²) >= 11 is 1.11. The first kappa shape index (κ1) is 20.2. The van der Waals surface area contributed by atoms with Crippen molar-refractivity contribution in [2.75, 3.05) is 5.32 Å². The molecule has 1 aliphatic rings. The summed E-state index contributed by atoms with van der Waals surface area (Å²) in [5.74, 6) is -0.759. The van der Waals surface area contributed by atoms with Crippen LogP contribution in [0.15, 0.2) is 58.7 Å². The predicted molar refractivity (Wildman–Crippen MR) is 112 cm³/mol. The van der Waals surface area contributed by atoms with E-state index >= 15 is 0 Å². The summed E-state index contributed by atoms with van der Waals surface area (Å²) in [6.45, 7) is 1.73. The first-order chi connectivity index (χ1) is 13.9. The van der Waals surface area contributed by atoms with Crippen LogP contribution in [0.25, 0.3) is 0 Å². The molecule has 1 aliphatic heterocycles. The Balaban J connectivity index is 1.59. The van der Waals surface area contributed by atoms with Gasteiger partial charge in [0.2, 0.25) is 11.8 Å². The molecule has 29 heavy (non-hydrogen) atoms. The van der Waals surface area contributed by atoms with Crippen LogP contribution in [-0.4, -0.2) is 33.4 Å². The topological polar surface area (TPSA) is 126 Å². The Hall–Kier alpha value is -3.53. The van der Waals surface area contributed by atoms with Crippen molar-refractivity contribution < 1.29 is 14.5 Å². The summed E-state index contributed by atoms with van der Waals surface area (Å²) in [6, 6.07) is 13.6. The maximum absolute atomic E-state index is 12.3. The van der Waals surface area contributed by atoms with Gasteiger partial charge in [0, 0.05) is 18.6 Å². The molecule has 1 heterocycles. The van der Waals surface area contributed by atoms with E-state index in [1.807, 2.05) is 30.3 Å². The van der Waals surface area contributed by atoms with Gasteiger partial charge in [0.15, 0.2) is 5.17 Å². The average Bonchev–Trinajstić information content (AvgIpc) is 3.03. The molecule has 1 fully saturated rings. The van der Waals surface area contributed by atoms with Crippen LogP contribution in [0.4, 0.5) is 11.4 Å². The van der Waals surface area contributed by atoms with Crippen LogP contribution in [0.3, 0.4) is 0 Å². The first-order valence-electron chi connectivity index (χ1n) is 8.61. The van der Waals surface area contributed by atoms with E-state index in [0.29, 0.717) is 16.4 Å². The van der Waals surface area contributed by atoms with Crippen LogP contribution in [0.2, 0.25) is 0 Å². The van der Waals surface area contributed by atoms with Crippen molar-refractivity contribution in [3.63, 3.8) is 0 Å². The number of nitro groups is 1. The number of thioether (sulfide) groups is 1. The molecule has 2 aromatic rings. The largest absolute Gasteiger partial charge is 0.326 e. The minimum Gasteiger partial charge on any atom is -0.326 e. The van der Waals surface area contributed by atoms with Gasteiger partial charge < -0.3 is 10.6 Å². The predicted octanol–water partition coefficient (Wildman–Crippen LogP) is 2.85. The lowest BCUT2D eigenvalue weighted by atomic mass is 10.1. The molecule has 0 radical (unpaired) electrons. The lowest BCUT2D eigenvalue weighted by Gasteiger charge is -2.09. The van der Waals surface area contributed by atoms with Crippen molar-refractivity contribution in [1.82, 2.24) is 5.32 Å². The number of hydrogen-bond acceptors (Lipinski definition) is 7. The van der Waals surface area contributed by atoms with Crippen molar-refractivity contribution in [1.29, 1.82) is 0 Å². The first-order valence-corrected chi connectivity index (χ1v) is 9.49. The molecule has 2 aromatic carbocycles. The third kappa shape index (κ3) is 5.48. The zero-order chi connectivity index (χ0) is 20.8. The maximum atomic E-state index is 12.3. The second-order valence-corrected chi connectivity index (χ2v) is 7.36. The number of amidine groups is 1. The Morgan fingerprint density at radius 1 is 1.31 bits per heavy atom. The second kappa shape index (κ2) is 9.11. The Labute approximate surface area is 170 Å². The van der Waals surface area contributed by atoms with Crippen molar-refractivity contribution >= 4 is 46.3 Å². The van der Waals surface area contributed by atoms with Crippen LogP contribution >= 0.6 is 11.8 Å². The molecule has 0 spiro atoms. The monoisotopic (exact) mass is 411 g/mol. The molecule has 1 unspecified atom stereocenters. The summed E-state index contributed by atoms with van der Waals surface area (Å²) in [6.07, 6.45) is 1.46. The highest BCUT2D eigenvalue weighted by molar-refractivity contribution is 8.15. The summed E-state index contributed by atoms with van der Waals surface area (Å²) in [4.78, 5) is 34.8. The normalized spacial score (nSPS) is 17.5. The van der Waals surface area contributed by atoms with Gasteiger partial charge in [-0.05, 0) is 18.1 Å². The van der Waals surface area contributed by atoms with E-state index < -0.39 is 16.1 Å². The molecular formula is C19H17N5O4S. The molecule has 2 N–H and O–H groups in total. The highest BCUT2D eigenvalue weighted by Crippen LogP contribution is 2.25. The van der Waals surface area contributed by atoms with Gasteiger partial charge in [-0.3, -0.25) is 19.7 Å². The number of carbonyl (C=O) groups excluding carboxylic acids is 2. The lowest BCUT2D eigenvalue weighted by Crippen LogP contribution is -2.28. The molecule has 0 aromatic heterocycles. The van der Waals surface area contributed by atoms with Crippen molar-refractivity contribution in [2.24, 2.45) is 10.2 Å². The average molecular weight is 411 g/mol. The summed E-state index contributed by atoms with van der Waals surface area (Å²) in [7, 11) is 0. The maximum Gasteiger partial charge on any atom is 0.271 e. The van der Waals surface area contributed by atoms with Crippen LogP contribution in [0, 0.1) is 17.0 Å². The summed E-state index contributed by atoms with van der Waals surface area (Å²) in [5.41, 5.74) is 1.78. The molecule has 9 nitrogen and oxygen atoms in total. The third-order valence-electron chi connectivity index (χ3n) is 4.01. The molecular weight excluding hydrogens is 394 g/mol. The number of anilines is 1. The van der Waals surface area contributed by atoms with Gasteiger partial charge in [0.1, 0.15) is 5.25 Å². The van der Waals surface area contributed by atoms with E-state index in [-0.39, 0.29) is 18.0 Å². The van der Waals surface area contributed by atoms with Crippen molar-refractivity contribution in [3.05, 3.63) is 69.8 Å². The van der Waals surface area contributed by atoms with Gasteiger partial charge in [-0.1, -0.05) is 48.2 Å². The summed E-state index contributed by atoms with van der Waals surface area (Å²) < 4.78 is 0. The lowest BCUT2D eigenvalue weighted by molar-refractivity contribution is -0.384. The molecule has 0 aliphatic carbocycles. The number of hydrogen-bond donors (Lipinski definition) is 2. The summed E-state index contributed by atoms with van der Waals surface area (Å²) in [5, 5.41) is 23.7. The van der Waals surface area contributed by atoms with E-state index in [9.17, 15) is 19.7 Å². The Morgan fingerprint density at radius 2 is 2.07 bits per heavy atom. The zero-order valence-corrected chi connectivity index (χ0v) is 16.2. The minimum atomic E-state index is -0.653. The van der Waals surface area contributed by atoms with Gasteiger partial charge in [0.05, 0.1) is 16.8 Å². The van der Waals surface area contributed by atoms with Gasteiger partial charge in [-0.15, -0.1) is 5.10 Å². The molecule has 148 valence electrons. The van der Waals surface area contributed by atoms with Gasteiger partial charge in [0.25, 0.3) is 5.69 Å². The van der Waals surface area contributed by atoms with Crippen molar-refractivity contribution in [3.8, 4) is 0 Å². The number of benzene rings is 2. The fraction of sp³-hybridized carbons (Fsp3) is 0.158. The molecule has 3 rings (SSSR count). The quantitative estimate of drug-likeness (QED) is 0.429. The SMILES string of the molecule is Cc1ccc([N+](=O)[O-])cc1NC(=O)CC1SC(=NN=Cc2ccccc2)NC1=O. The number of nitro benzene ring substituents is 1. The van der Waals surface area contributed by atoms with Crippen molar-refractivity contribution in [2.45, 2.75) is 18.6 Å². The van der Waals surface area contributed by atoms with E-state index in [0.717, 1.165) is 17.3 Å². The number of carbonyl (C=O) groups is 2. The zero-order valence-electron chi connectivity index (χ0n) is 15.4. The van der Waals surface area contributed by atoms with E-state index in [2.05, 4.69) is 20.8 Å². The number of aryl methyl sites for hydroxylation is 1. The van der Waals surface area contributed by atoms with Gasteiger partial charge >= 0.3 is 0 Å². The van der Waals surface area contributed by atoms with E-state index in [1.54, 1.807) is 19.2 Å². The van der Waals surface area contributed by atoms with E-state index in [1.165, 1.54) is 12.1 Å². The van der Waals surface area contributed by atoms with Crippen LogP contribution in [0.1, 0.15) is 17.5 Å². The fourth-order valence-corrected chi connectivity index (χ4v) is 3.43. The highest BCUT2D eigenvalue weighted by Gasteiger charge is 2.32. The van der Waals surface area contributed by atoms with E-state index in [4.69, 9.17) is 0 Å². The second-order valence-electron chi connectivity index (χ2n) is 6.16. The molecule has 1 atom stereocenters. The van der Waals surface area contributed by atoms with Crippen LogP contribution in [0.5, 0.6) is 0 Å². The highest BCUT2D eigenvalue weighted by atomic mass is 32.2. The Morgan fingerprint density at radius 3 is 2.79 bits per heavy atom.